The molecule has 0 saturated carbocycles. The number of aliphatic carboxylic acids is 1. The van der Waals surface area contributed by atoms with Crippen LogP contribution in [0.3, 0.4) is 0 Å². The summed E-state index contributed by atoms with van der Waals surface area (Å²) in [7, 11) is 0. The third-order valence-corrected chi connectivity index (χ3v) is 4.22. The highest BCUT2D eigenvalue weighted by atomic mass is 32.2. The summed E-state index contributed by atoms with van der Waals surface area (Å²) in [6, 6.07) is -0.688. The van der Waals surface area contributed by atoms with Crippen LogP contribution < -0.4 is 11.5 Å². The predicted octanol–water partition coefficient (Wildman–Crippen LogP) is -1.34. The summed E-state index contributed by atoms with van der Waals surface area (Å²) in [5, 5.41) is 7.80. The van der Waals surface area contributed by atoms with E-state index in [1.54, 1.807) is 0 Å². The average Bonchev–Trinajstić information content (AvgIpc) is 2.33. The zero-order valence-corrected chi connectivity index (χ0v) is 9.92. The number of amides is 2. The fourth-order valence-corrected chi connectivity index (χ4v) is 3.04. The summed E-state index contributed by atoms with van der Waals surface area (Å²) in [5.41, 5.74) is 10.7. The van der Waals surface area contributed by atoms with E-state index in [1.807, 2.05) is 0 Å². The summed E-state index contributed by atoms with van der Waals surface area (Å²) in [4.78, 5) is 34.4. The minimum absolute atomic E-state index is 0.259. The van der Waals surface area contributed by atoms with Crippen molar-refractivity contribution in [3.05, 3.63) is 11.8 Å². The molecule has 98 valence electrons. The van der Waals surface area contributed by atoms with Crippen LogP contribution in [-0.2, 0) is 14.3 Å². The van der Waals surface area contributed by atoms with E-state index in [1.165, 1.54) is 11.1 Å². The lowest BCUT2D eigenvalue weighted by atomic mass is 10.1. The molecule has 2 unspecified atom stereocenters. The Kier molecular flexibility index (Phi) is 3.18. The molecule has 18 heavy (non-hydrogen) atoms. The molecule has 8 nitrogen and oxygen atoms in total. The maximum atomic E-state index is 11.4. The van der Waals surface area contributed by atoms with Gasteiger partial charge in [0.25, 0.3) is 0 Å². The number of nitrogens with two attached hydrogens (primary N) is 2. The number of rotatable bonds is 3. The van der Waals surface area contributed by atoms with Crippen molar-refractivity contribution in [2.75, 3.05) is 6.61 Å². The first-order valence-electron chi connectivity index (χ1n) is 5.00. The average molecular weight is 273 g/mol. The van der Waals surface area contributed by atoms with Gasteiger partial charge in [-0.05, 0) is 0 Å². The molecule has 3 atom stereocenters. The van der Waals surface area contributed by atoms with Gasteiger partial charge in [0.2, 0.25) is 5.91 Å². The van der Waals surface area contributed by atoms with Gasteiger partial charge < -0.3 is 26.2 Å². The summed E-state index contributed by atoms with van der Waals surface area (Å²) in [5.74, 6) is -1.36. The van der Waals surface area contributed by atoms with Crippen molar-refractivity contribution in [3.63, 3.8) is 0 Å². The van der Waals surface area contributed by atoms with E-state index in [2.05, 4.69) is 4.74 Å². The van der Waals surface area contributed by atoms with Gasteiger partial charge in [0.05, 0.1) is 0 Å². The molecule has 2 heterocycles. The van der Waals surface area contributed by atoms with Gasteiger partial charge >= 0.3 is 12.1 Å². The van der Waals surface area contributed by atoms with E-state index in [4.69, 9.17) is 16.6 Å². The Hall–Kier alpha value is -1.74. The summed E-state index contributed by atoms with van der Waals surface area (Å²) in [6.07, 6.45) is 0.369. The molecular weight excluding hydrogens is 262 g/mol. The van der Waals surface area contributed by atoms with Crippen molar-refractivity contribution in [1.29, 1.82) is 0 Å². The van der Waals surface area contributed by atoms with Gasteiger partial charge in [0.1, 0.15) is 23.3 Å². The molecule has 9 heteroatoms. The lowest BCUT2D eigenvalue weighted by molar-refractivity contribution is -0.141. The Labute approximate surface area is 106 Å². The number of hydrogen-bond acceptors (Lipinski definition) is 6. The first kappa shape index (κ1) is 12.7. The van der Waals surface area contributed by atoms with Crippen LogP contribution in [-0.4, -0.2) is 51.2 Å². The van der Waals surface area contributed by atoms with Gasteiger partial charge in [-0.15, -0.1) is 11.8 Å². The Bertz CT molecular complexity index is 451. The SMILES string of the molecule is NC(=O)OCC1=CN2C(=O)C(N)[C@H]2SC1C(=O)O. The fourth-order valence-electron chi connectivity index (χ4n) is 1.76. The second-order valence-electron chi connectivity index (χ2n) is 3.83. The molecule has 0 radical (unpaired) electrons. The molecule has 5 N–H and O–H groups in total. The quantitative estimate of drug-likeness (QED) is 0.541. The highest BCUT2D eigenvalue weighted by Crippen LogP contribution is 2.39. The third kappa shape index (κ3) is 2.02. The van der Waals surface area contributed by atoms with Crippen LogP contribution >= 0.6 is 11.8 Å². The van der Waals surface area contributed by atoms with E-state index in [0.717, 1.165) is 11.8 Å². The molecule has 0 aromatic carbocycles. The molecule has 1 saturated heterocycles. The second kappa shape index (κ2) is 4.50. The minimum Gasteiger partial charge on any atom is -0.480 e. The van der Waals surface area contributed by atoms with Crippen LogP contribution in [0.25, 0.3) is 0 Å². The van der Waals surface area contributed by atoms with Gasteiger partial charge in [-0.1, -0.05) is 0 Å². The van der Waals surface area contributed by atoms with E-state index < -0.39 is 23.4 Å². The lowest BCUT2D eigenvalue weighted by Gasteiger charge is -2.47. The van der Waals surface area contributed by atoms with Crippen LogP contribution in [0.2, 0.25) is 0 Å². The number of nitrogens with zero attached hydrogens (tertiary/aromatic N) is 1. The Morgan fingerprint density at radius 1 is 1.56 bits per heavy atom. The summed E-state index contributed by atoms with van der Waals surface area (Å²) >= 11 is 1.04. The molecule has 2 rings (SSSR count). The van der Waals surface area contributed by atoms with Crippen LogP contribution in [0.1, 0.15) is 0 Å². The van der Waals surface area contributed by atoms with Crippen molar-refractivity contribution in [2.45, 2.75) is 16.7 Å². The number of ether oxygens (including phenoxy) is 1. The first-order valence-corrected chi connectivity index (χ1v) is 5.95. The highest BCUT2D eigenvalue weighted by Gasteiger charge is 2.50. The van der Waals surface area contributed by atoms with Gasteiger partial charge in [-0.25, -0.2) is 4.79 Å². The van der Waals surface area contributed by atoms with Gasteiger partial charge in [-0.2, -0.15) is 0 Å². The highest BCUT2D eigenvalue weighted by molar-refractivity contribution is 8.01. The predicted molar refractivity (Wildman–Crippen MR) is 61.2 cm³/mol. The Balaban J connectivity index is 2.17. The number of carboxylic acid groups (broad SMARTS) is 1. The number of carboxylic acids is 1. The summed E-state index contributed by atoms with van der Waals surface area (Å²) in [6.45, 7) is -0.259. The first-order chi connectivity index (χ1) is 8.41. The molecule has 2 aliphatic heterocycles. The lowest BCUT2D eigenvalue weighted by Crippen LogP contribution is -2.67. The standard InChI is InChI=1S/C9H11N3O5S/c10-4-6(13)12-1-3(2-17-9(11)16)5(8(14)15)18-7(4)12/h1,4-5,7H,2,10H2,(H2,11,16)(H,14,15)/t4?,5?,7-/m1/s1. The van der Waals surface area contributed by atoms with E-state index >= 15 is 0 Å². The Morgan fingerprint density at radius 2 is 2.22 bits per heavy atom. The second-order valence-corrected chi connectivity index (χ2v) is 5.05. The molecule has 0 spiro atoms. The summed E-state index contributed by atoms with van der Waals surface area (Å²) < 4.78 is 4.56. The topological polar surface area (TPSA) is 136 Å². The van der Waals surface area contributed by atoms with Crippen LogP contribution in [0, 0.1) is 0 Å². The van der Waals surface area contributed by atoms with E-state index in [-0.39, 0.29) is 17.9 Å². The molecule has 0 aliphatic carbocycles. The van der Waals surface area contributed by atoms with Crippen molar-refractivity contribution < 1.29 is 24.2 Å². The smallest absolute Gasteiger partial charge is 0.404 e. The maximum Gasteiger partial charge on any atom is 0.404 e. The molecule has 2 amide bonds. The minimum atomic E-state index is -1.08. The number of carbonyl (C=O) groups excluding carboxylic acids is 2. The number of thioether (sulfide) groups is 1. The Morgan fingerprint density at radius 3 is 2.78 bits per heavy atom. The van der Waals surface area contributed by atoms with Crippen molar-refractivity contribution in [2.24, 2.45) is 11.5 Å². The zero-order valence-electron chi connectivity index (χ0n) is 9.11. The maximum absolute atomic E-state index is 11.4. The van der Waals surface area contributed by atoms with Gasteiger partial charge in [0, 0.05) is 11.8 Å². The van der Waals surface area contributed by atoms with Crippen molar-refractivity contribution in [1.82, 2.24) is 4.90 Å². The number of fused-ring (bicyclic) bond motifs is 1. The number of carbonyl (C=O) groups is 3. The third-order valence-electron chi connectivity index (χ3n) is 2.64. The van der Waals surface area contributed by atoms with E-state index in [0.29, 0.717) is 5.57 Å². The van der Waals surface area contributed by atoms with Crippen LogP contribution in [0.15, 0.2) is 11.8 Å². The molecule has 2 aliphatic rings. The number of β-lactam (4-membered cyclic amide) rings is 1. The normalized spacial score (nSPS) is 30.1. The molecule has 1 fully saturated rings. The monoisotopic (exact) mass is 273 g/mol. The zero-order chi connectivity index (χ0) is 13.4. The van der Waals surface area contributed by atoms with Crippen molar-refractivity contribution >= 4 is 29.7 Å². The molecule has 0 aromatic heterocycles. The van der Waals surface area contributed by atoms with Gasteiger partial charge in [0.15, 0.2) is 0 Å². The largest absolute Gasteiger partial charge is 0.480 e. The van der Waals surface area contributed by atoms with Gasteiger partial charge in [-0.3, -0.25) is 9.59 Å². The molecular formula is C9H11N3O5S. The van der Waals surface area contributed by atoms with Crippen LogP contribution in [0.5, 0.6) is 0 Å². The molecule has 0 bridgehead atoms. The molecule has 0 aromatic rings. The number of primary amides is 1. The van der Waals surface area contributed by atoms with Crippen LogP contribution in [0.4, 0.5) is 4.79 Å². The number of hydrogen-bond donors (Lipinski definition) is 3. The fraction of sp³-hybridized carbons (Fsp3) is 0.444. The van der Waals surface area contributed by atoms with E-state index in [9.17, 15) is 14.4 Å². The van der Waals surface area contributed by atoms with Crippen molar-refractivity contribution in [3.8, 4) is 0 Å².